The van der Waals surface area contributed by atoms with Crippen LogP contribution >= 0.6 is 0 Å². The number of ether oxygens (including phenoxy) is 1. The van der Waals surface area contributed by atoms with E-state index in [1.165, 1.54) is 16.8 Å². The maximum atomic E-state index is 5.23. The molecule has 0 saturated carbocycles. The molecule has 1 aliphatic rings. The average molecular weight is 408 g/mol. The van der Waals surface area contributed by atoms with Crippen molar-refractivity contribution in [2.75, 3.05) is 44.8 Å². The minimum atomic E-state index is -0.0844. The van der Waals surface area contributed by atoms with Crippen molar-refractivity contribution < 1.29 is 4.74 Å². The van der Waals surface area contributed by atoms with Gasteiger partial charge in [0.15, 0.2) is 5.82 Å². The fraction of sp³-hybridized carbons (Fsp3) is 0.455. The third-order valence-corrected chi connectivity index (χ3v) is 5.66. The normalized spacial score (nSPS) is 16.0. The first-order chi connectivity index (χ1) is 14.7. The number of aryl methyl sites for hydroxylation is 2. The Hall–Kier alpha value is -2.84. The molecular formula is C22H29N7O. The lowest BCUT2D eigenvalue weighted by atomic mass is 10.1. The summed E-state index contributed by atoms with van der Waals surface area (Å²) in [5.74, 6) is 0.811. The smallest absolute Gasteiger partial charge is 0.174 e. The van der Waals surface area contributed by atoms with E-state index in [9.17, 15) is 0 Å². The summed E-state index contributed by atoms with van der Waals surface area (Å²) in [5.41, 5.74) is 4.90. The van der Waals surface area contributed by atoms with Crippen LogP contribution in [0, 0.1) is 13.8 Å². The van der Waals surface area contributed by atoms with Gasteiger partial charge < -0.3 is 9.64 Å². The van der Waals surface area contributed by atoms with Crippen LogP contribution in [0.5, 0.6) is 0 Å². The molecule has 30 heavy (non-hydrogen) atoms. The van der Waals surface area contributed by atoms with E-state index in [4.69, 9.17) is 4.74 Å². The Kier molecular flexibility index (Phi) is 6.35. The summed E-state index contributed by atoms with van der Waals surface area (Å²) in [7, 11) is 1.69. The third-order valence-electron chi connectivity index (χ3n) is 5.66. The van der Waals surface area contributed by atoms with Gasteiger partial charge in [-0.15, -0.1) is 5.10 Å². The van der Waals surface area contributed by atoms with Crippen molar-refractivity contribution in [3.63, 3.8) is 0 Å². The summed E-state index contributed by atoms with van der Waals surface area (Å²) in [4.78, 5) is 9.54. The molecule has 1 aromatic carbocycles. The number of nitrogens with zero attached hydrogens (tertiary/aromatic N) is 7. The molecule has 1 atom stereocenters. The van der Waals surface area contributed by atoms with Gasteiger partial charge in [0, 0.05) is 45.2 Å². The lowest BCUT2D eigenvalue weighted by Gasteiger charge is -2.40. The van der Waals surface area contributed by atoms with Crippen LogP contribution in [0.3, 0.4) is 0 Å². The highest BCUT2D eigenvalue weighted by molar-refractivity contribution is 5.55. The van der Waals surface area contributed by atoms with Crippen molar-refractivity contribution in [1.29, 1.82) is 0 Å². The van der Waals surface area contributed by atoms with Gasteiger partial charge in [0.25, 0.3) is 0 Å². The Labute approximate surface area is 177 Å². The van der Waals surface area contributed by atoms with Crippen LogP contribution in [0.15, 0.2) is 42.6 Å². The van der Waals surface area contributed by atoms with Gasteiger partial charge >= 0.3 is 0 Å². The van der Waals surface area contributed by atoms with Crippen molar-refractivity contribution >= 4 is 5.69 Å². The van der Waals surface area contributed by atoms with Gasteiger partial charge in [0.05, 0.1) is 18.8 Å². The molecule has 1 aliphatic heterocycles. The zero-order chi connectivity index (χ0) is 20.9. The monoisotopic (exact) mass is 407 g/mol. The Morgan fingerprint density at radius 2 is 1.90 bits per heavy atom. The molecule has 0 N–H and O–H groups in total. The number of anilines is 1. The quantitative estimate of drug-likeness (QED) is 0.595. The first kappa shape index (κ1) is 20.4. The van der Waals surface area contributed by atoms with E-state index < -0.39 is 0 Å². The molecule has 3 heterocycles. The van der Waals surface area contributed by atoms with Crippen LogP contribution in [-0.2, 0) is 11.3 Å². The highest BCUT2D eigenvalue weighted by Crippen LogP contribution is 2.29. The number of rotatable bonds is 7. The van der Waals surface area contributed by atoms with Crippen molar-refractivity contribution in [3.05, 3.63) is 65.2 Å². The van der Waals surface area contributed by atoms with Crippen LogP contribution < -0.4 is 4.90 Å². The first-order valence-corrected chi connectivity index (χ1v) is 10.4. The van der Waals surface area contributed by atoms with Crippen molar-refractivity contribution in [1.82, 2.24) is 30.1 Å². The Balaban J connectivity index is 1.57. The fourth-order valence-electron chi connectivity index (χ4n) is 4.05. The lowest BCUT2D eigenvalue weighted by molar-refractivity contribution is 0.171. The number of hydrogen-bond acceptors (Lipinski definition) is 7. The van der Waals surface area contributed by atoms with Gasteiger partial charge in [0.2, 0.25) is 0 Å². The zero-order valence-electron chi connectivity index (χ0n) is 17.9. The molecule has 3 aromatic rings. The molecule has 0 aliphatic carbocycles. The number of hydrogen-bond donors (Lipinski definition) is 0. The van der Waals surface area contributed by atoms with E-state index in [2.05, 4.69) is 68.4 Å². The lowest BCUT2D eigenvalue weighted by Crippen LogP contribution is -2.48. The Morgan fingerprint density at radius 3 is 2.63 bits per heavy atom. The van der Waals surface area contributed by atoms with Crippen LogP contribution in [0.1, 0.15) is 28.7 Å². The van der Waals surface area contributed by atoms with E-state index >= 15 is 0 Å². The number of pyridine rings is 1. The molecule has 0 unspecified atom stereocenters. The minimum Gasteiger partial charge on any atom is -0.383 e. The maximum absolute atomic E-state index is 5.23. The summed E-state index contributed by atoms with van der Waals surface area (Å²) >= 11 is 0. The predicted molar refractivity (Wildman–Crippen MR) is 115 cm³/mol. The van der Waals surface area contributed by atoms with E-state index in [0.717, 1.165) is 37.7 Å². The van der Waals surface area contributed by atoms with Gasteiger partial charge in [0.1, 0.15) is 6.04 Å². The van der Waals surface area contributed by atoms with Gasteiger partial charge in [-0.25, -0.2) is 4.68 Å². The molecule has 4 rings (SSSR count). The largest absolute Gasteiger partial charge is 0.383 e. The zero-order valence-corrected chi connectivity index (χ0v) is 17.9. The SMILES string of the molecule is COCCn1nnnc1[C@H](c1ccccn1)N1CCN(c2cc(C)ccc2C)CC1. The van der Waals surface area contributed by atoms with Crippen molar-refractivity contribution in [2.24, 2.45) is 0 Å². The molecule has 0 amide bonds. The molecule has 158 valence electrons. The first-order valence-electron chi connectivity index (χ1n) is 10.4. The minimum absolute atomic E-state index is 0.0844. The van der Waals surface area contributed by atoms with Crippen LogP contribution in [0.25, 0.3) is 0 Å². The molecule has 8 nitrogen and oxygen atoms in total. The van der Waals surface area contributed by atoms with Crippen molar-refractivity contribution in [2.45, 2.75) is 26.4 Å². The average Bonchev–Trinajstić information content (AvgIpc) is 3.23. The van der Waals surface area contributed by atoms with Crippen LogP contribution in [0.4, 0.5) is 5.69 Å². The fourth-order valence-corrected chi connectivity index (χ4v) is 4.05. The van der Waals surface area contributed by atoms with Gasteiger partial charge in [-0.1, -0.05) is 18.2 Å². The van der Waals surface area contributed by atoms with E-state index in [0.29, 0.717) is 13.2 Å². The third kappa shape index (κ3) is 4.34. The second-order valence-corrected chi connectivity index (χ2v) is 7.72. The predicted octanol–water partition coefficient (Wildman–Crippen LogP) is 2.24. The van der Waals surface area contributed by atoms with Crippen molar-refractivity contribution in [3.8, 4) is 0 Å². The Morgan fingerprint density at radius 1 is 1.07 bits per heavy atom. The molecule has 0 radical (unpaired) electrons. The molecule has 1 fully saturated rings. The molecule has 0 bridgehead atoms. The van der Waals surface area contributed by atoms with Gasteiger partial charge in [-0.05, 0) is 53.6 Å². The summed E-state index contributed by atoms with van der Waals surface area (Å²) in [6.07, 6.45) is 1.83. The number of methoxy groups -OCH3 is 1. The molecule has 0 spiro atoms. The summed E-state index contributed by atoms with van der Waals surface area (Å²) in [6.45, 7) is 9.23. The number of aromatic nitrogens is 5. The molecule has 2 aromatic heterocycles. The second kappa shape index (κ2) is 9.32. The maximum Gasteiger partial charge on any atom is 0.174 e. The summed E-state index contributed by atoms with van der Waals surface area (Å²) < 4.78 is 7.07. The molecule has 1 saturated heterocycles. The van der Waals surface area contributed by atoms with E-state index in [1.807, 2.05) is 23.0 Å². The topological polar surface area (TPSA) is 72.2 Å². The summed E-state index contributed by atoms with van der Waals surface area (Å²) in [5, 5.41) is 12.5. The van der Waals surface area contributed by atoms with E-state index in [1.54, 1.807) is 7.11 Å². The van der Waals surface area contributed by atoms with Gasteiger partial charge in [-0.3, -0.25) is 9.88 Å². The Bertz CT molecular complexity index is 951. The molecular weight excluding hydrogens is 378 g/mol. The van der Waals surface area contributed by atoms with E-state index in [-0.39, 0.29) is 6.04 Å². The highest BCUT2D eigenvalue weighted by Gasteiger charge is 2.31. The van der Waals surface area contributed by atoms with Crippen LogP contribution in [0.2, 0.25) is 0 Å². The number of benzene rings is 1. The number of tetrazole rings is 1. The summed E-state index contributed by atoms with van der Waals surface area (Å²) in [6, 6.07) is 12.6. The second-order valence-electron chi connectivity index (χ2n) is 7.72. The highest BCUT2D eigenvalue weighted by atomic mass is 16.5. The molecule has 8 heteroatoms. The number of piperazine rings is 1. The van der Waals surface area contributed by atoms with Gasteiger partial charge in [-0.2, -0.15) is 0 Å². The van der Waals surface area contributed by atoms with Crippen LogP contribution in [-0.4, -0.2) is 70.0 Å². The standard InChI is InChI=1S/C22H29N7O/c1-17-7-8-18(2)20(16-17)27-10-12-28(13-11-27)21(19-6-4-5-9-23-19)22-24-25-26-29(22)14-15-30-3/h4-9,16,21H,10-15H2,1-3H3/t21-/m0/s1.